The molecule has 39 heavy (non-hydrogen) atoms. The van der Waals surface area contributed by atoms with Crippen LogP contribution in [0.5, 0.6) is 0 Å². The standard InChI is InChI=1S/C30H47NO8/c1-10-14-20(2)36-25-21(3)37-26(32)24(19-35-18-23(25)17-22-15-12-11-13-16-22)31(27(33)38-29(4,5)6)28(34)39-30(7,8)9/h11-13,15-16,20-21,23-25H,10,14,17-19H2,1-9H3/t20?,21-,23-,24-,25-/m0/s1. The summed E-state index contributed by atoms with van der Waals surface area (Å²) >= 11 is 0. The van der Waals surface area contributed by atoms with Crippen molar-refractivity contribution in [1.29, 1.82) is 0 Å². The van der Waals surface area contributed by atoms with E-state index in [1.807, 2.05) is 37.3 Å². The summed E-state index contributed by atoms with van der Waals surface area (Å²) in [6, 6.07) is 8.56. The number of cyclic esters (lactones) is 1. The zero-order chi connectivity index (χ0) is 29.4. The number of hydrogen-bond acceptors (Lipinski definition) is 8. The smallest absolute Gasteiger partial charge is 0.420 e. The minimum Gasteiger partial charge on any atom is -0.458 e. The SMILES string of the molecule is CCCC(C)O[C@@H]1[C@@H](Cc2ccccc2)COC[C@H](N(C(=O)OC(C)(C)C)C(=O)OC(C)(C)C)C(=O)O[C@H]1C. The number of rotatable bonds is 7. The number of nitrogens with zero attached hydrogens (tertiary/aromatic N) is 1. The topological polar surface area (TPSA) is 101 Å². The van der Waals surface area contributed by atoms with Gasteiger partial charge in [-0.3, -0.25) is 0 Å². The molecule has 0 saturated carbocycles. The zero-order valence-electron chi connectivity index (χ0n) is 25.0. The molecule has 1 saturated heterocycles. The van der Waals surface area contributed by atoms with Crippen LogP contribution < -0.4 is 0 Å². The fourth-order valence-electron chi connectivity index (χ4n) is 4.39. The Bertz CT molecular complexity index is 909. The van der Waals surface area contributed by atoms with Gasteiger partial charge in [0.2, 0.25) is 0 Å². The van der Waals surface area contributed by atoms with Crippen molar-refractivity contribution >= 4 is 18.2 Å². The van der Waals surface area contributed by atoms with Gasteiger partial charge >= 0.3 is 18.2 Å². The minimum absolute atomic E-state index is 0.0593. The lowest BCUT2D eigenvalue weighted by Crippen LogP contribution is -2.54. The maximum Gasteiger partial charge on any atom is 0.420 e. The van der Waals surface area contributed by atoms with Gasteiger partial charge in [0.25, 0.3) is 0 Å². The van der Waals surface area contributed by atoms with Crippen molar-refractivity contribution in [3.8, 4) is 0 Å². The molecule has 5 atom stereocenters. The molecule has 1 aromatic rings. The van der Waals surface area contributed by atoms with E-state index in [9.17, 15) is 14.4 Å². The van der Waals surface area contributed by atoms with Crippen LogP contribution in [0, 0.1) is 5.92 Å². The Labute approximate surface area is 233 Å². The molecule has 0 aliphatic carbocycles. The van der Waals surface area contributed by atoms with Gasteiger partial charge in [0.05, 0.1) is 25.4 Å². The second-order valence-electron chi connectivity index (χ2n) is 12.2. The lowest BCUT2D eigenvalue weighted by Gasteiger charge is -2.33. The number of imide groups is 1. The fourth-order valence-corrected chi connectivity index (χ4v) is 4.39. The van der Waals surface area contributed by atoms with Crippen molar-refractivity contribution in [2.45, 2.75) is 117 Å². The third kappa shape index (κ3) is 10.8. The maximum absolute atomic E-state index is 13.5. The highest BCUT2D eigenvalue weighted by molar-refractivity contribution is 5.94. The molecular weight excluding hydrogens is 502 g/mol. The first kappa shape index (κ1) is 32.6. The minimum atomic E-state index is -1.40. The number of hydrogen-bond donors (Lipinski definition) is 0. The summed E-state index contributed by atoms with van der Waals surface area (Å²) in [5.41, 5.74) is -0.729. The first-order valence-corrected chi connectivity index (χ1v) is 13.8. The molecule has 0 spiro atoms. The molecule has 2 rings (SSSR count). The van der Waals surface area contributed by atoms with Crippen molar-refractivity contribution in [2.24, 2.45) is 5.92 Å². The van der Waals surface area contributed by atoms with Crippen LogP contribution in [0.2, 0.25) is 0 Å². The summed E-state index contributed by atoms with van der Waals surface area (Å²) < 4.78 is 29.3. The first-order valence-electron chi connectivity index (χ1n) is 13.8. The largest absolute Gasteiger partial charge is 0.458 e. The lowest BCUT2D eigenvalue weighted by molar-refractivity contribution is -0.167. The molecule has 1 aromatic carbocycles. The zero-order valence-corrected chi connectivity index (χ0v) is 25.0. The van der Waals surface area contributed by atoms with Crippen LogP contribution in [0.15, 0.2) is 30.3 Å². The van der Waals surface area contributed by atoms with Crippen molar-refractivity contribution < 1.29 is 38.1 Å². The molecule has 220 valence electrons. The Morgan fingerprint density at radius 3 is 2.08 bits per heavy atom. The van der Waals surface area contributed by atoms with Crippen LogP contribution in [-0.4, -0.2) is 71.8 Å². The number of benzene rings is 1. The predicted octanol–water partition coefficient (Wildman–Crippen LogP) is 5.92. The lowest BCUT2D eigenvalue weighted by atomic mass is 9.91. The van der Waals surface area contributed by atoms with Gasteiger partial charge in [0.15, 0.2) is 6.04 Å². The summed E-state index contributed by atoms with van der Waals surface area (Å²) in [6.07, 6.45) is -0.789. The van der Waals surface area contributed by atoms with Gasteiger partial charge < -0.3 is 23.7 Å². The third-order valence-corrected chi connectivity index (χ3v) is 6.03. The number of carbonyl (C=O) groups is 3. The summed E-state index contributed by atoms with van der Waals surface area (Å²) in [6.45, 7) is 15.9. The first-order chi connectivity index (χ1) is 18.1. The molecule has 1 heterocycles. The summed E-state index contributed by atoms with van der Waals surface area (Å²) in [5.74, 6) is -0.943. The highest BCUT2D eigenvalue weighted by atomic mass is 16.6. The molecule has 0 aromatic heterocycles. The van der Waals surface area contributed by atoms with Crippen LogP contribution in [0.1, 0.15) is 80.7 Å². The van der Waals surface area contributed by atoms with Gasteiger partial charge in [-0.25, -0.2) is 14.4 Å². The van der Waals surface area contributed by atoms with Gasteiger partial charge in [-0.1, -0.05) is 43.7 Å². The van der Waals surface area contributed by atoms with Crippen LogP contribution in [0.3, 0.4) is 0 Å². The van der Waals surface area contributed by atoms with E-state index in [0.29, 0.717) is 11.3 Å². The maximum atomic E-state index is 13.5. The van der Waals surface area contributed by atoms with Crippen LogP contribution in [0.25, 0.3) is 0 Å². The summed E-state index contributed by atoms with van der Waals surface area (Å²) in [4.78, 5) is 40.6. The van der Waals surface area contributed by atoms with Gasteiger partial charge in [-0.05, 0) is 73.8 Å². The molecule has 0 radical (unpaired) electrons. The quantitative estimate of drug-likeness (QED) is 0.305. The molecule has 1 aliphatic heterocycles. The molecule has 9 heteroatoms. The fraction of sp³-hybridized carbons (Fsp3) is 0.700. The Balaban J connectivity index is 2.41. The normalized spacial score (nSPS) is 23.5. The molecule has 0 N–H and O–H groups in total. The molecule has 1 aliphatic rings. The van der Waals surface area contributed by atoms with E-state index in [1.54, 1.807) is 48.5 Å². The van der Waals surface area contributed by atoms with Crippen molar-refractivity contribution in [3.05, 3.63) is 35.9 Å². The molecule has 2 amide bonds. The van der Waals surface area contributed by atoms with Gasteiger partial charge in [-0.2, -0.15) is 4.90 Å². The van der Waals surface area contributed by atoms with Crippen molar-refractivity contribution in [3.63, 3.8) is 0 Å². The van der Waals surface area contributed by atoms with E-state index in [1.165, 1.54) is 0 Å². The van der Waals surface area contributed by atoms with Gasteiger partial charge in [0.1, 0.15) is 17.3 Å². The van der Waals surface area contributed by atoms with Crippen molar-refractivity contribution in [2.75, 3.05) is 13.2 Å². The second-order valence-corrected chi connectivity index (χ2v) is 12.2. The summed E-state index contributed by atoms with van der Waals surface area (Å²) in [7, 11) is 0. The van der Waals surface area contributed by atoms with Gasteiger partial charge in [-0.15, -0.1) is 0 Å². The van der Waals surface area contributed by atoms with E-state index < -0.39 is 47.6 Å². The van der Waals surface area contributed by atoms with Crippen molar-refractivity contribution in [1.82, 2.24) is 4.90 Å². The van der Waals surface area contributed by atoms with Crippen LogP contribution in [-0.2, 0) is 34.9 Å². The predicted molar refractivity (Wildman–Crippen MR) is 147 cm³/mol. The highest BCUT2D eigenvalue weighted by Gasteiger charge is 2.44. The van der Waals surface area contributed by atoms with E-state index in [2.05, 4.69) is 6.92 Å². The van der Waals surface area contributed by atoms with E-state index >= 15 is 0 Å². The molecular formula is C30H47NO8. The average molecular weight is 550 g/mol. The van der Waals surface area contributed by atoms with E-state index in [4.69, 9.17) is 23.7 Å². The second kappa shape index (κ2) is 14.1. The monoisotopic (exact) mass is 549 g/mol. The Morgan fingerprint density at radius 1 is 1.00 bits per heavy atom. The van der Waals surface area contributed by atoms with E-state index in [-0.39, 0.29) is 25.2 Å². The Morgan fingerprint density at radius 2 is 1.56 bits per heavy atom. The molecule has 1 unspecified atom stereocenters. The number of ether oxygens (including phenoxy) is 5. The Hall–Kier alpha value is -2.65. The molecule has 0 bridgehead atoms. The van der Waals surface area contributed by atoms with Crippen LogP contribution >= 0.6 is 0 Å². The van der Waals surface area contributed by atoms with Gasteiger partial charge in [0, 0.05) is 5.92 Å². The number of carbonyl (C=O) groups excluding carboxylic acids is 3. The molecule has 1 fully saturated rings. The summed E-state index contributed by atoms with van der Waals surface area (Å²) in [5, 5.41) is 0. The Kier molecular flexibility index (Phi) is 11.8. The average Bonchev–Trinajstić information content (AvgIpc) is 2.83. The number of esters is 1. The van der Waals surface area contributed by atoms with E-state index in [0.717, 1.165) is 18.4 Å². The highest BCUT2D eigenvalue weighted by Crippen LogP contribution is 2.26. The molecule has 9 nitrogen and oxygen atoms in total. The van der Waals surface area contributed by atoms with Crippen LogP contribution in [0.4, 0.5) is 9.59 Å². The third-order valence-electron chi connectivity index (χ3n) is 6.03. The number of amides is 2.